The number of rotatable bonds is 4. The van der Waals surface area contributed by atoms with Crippen molar-refractivity contribution in [3.05, 3.63) is 0 Å². The van der Waals surface area contributed by atoms with Gasteiger partial charge in [-0.05, 0) is 240 Å². The highest BCUT2D eigenvalue weighted by molar-refractivity contribution is 5.13. The van der Waals surface area contributed by atoms with Gasteiger partial charge in [-0.3, -0.25) is 0 Å². The fourth-order valence-corrected chi connectivity index (χ4v) is 14.0. The summed E-state index contributed by atoms with van der Waals surface area (Å²) < 4.78 is 0. The molecule has 0 radical (unpaired) electrons. The Balaban J connectivity index is 0.000000147. The second-order valence-corrected chi connectivity index (χ2v) is 23.7. The smallest absolute Gasteiger partial charge is 0.0177 e. The SMILES string of the molecule is CC1CC(CC2CCC(N)C(C)C2)CCC1N.NC12CC3CC(C1)CC(N)(C3)C2.NC1CCC(CC2CCC(N)CC2)CC1.NC1CCC(N)CC1.NC1CCC(N)CC1. The quantitative estimate of drug-likeness (QED) is 0.143. The maximum atomic E-state index is 6.33. The standard InChI is InChI=1S/C15H30N2.C13H26N2.C10H18N2.2C6H14N2/c1-10-7-12(3-5-14(10)16)9-13-4-6-15(17)11(2)8-13;14-12-5-1-10(2-6-12)9-11-3-7-13(15)8-4-11;11-9-2-7-1-8(4-9)5-10(12,3-7)6-9;2*7-5-1-2-6(8)4-3-5/h10-15H,3-9,16-17H2,1-2H3;10-13H,1-9,14-15H2;7-8H,1-6,11-12H2;2*5-6H,1-4,7-8H2. The molecule has 0 aromatic heterocycles. The Hall–Kier alpha value is -0.400. The molecule has 0 saturated heterocycles. The van der Waals surface area contributed by atoms with Gasteiger partial charge < -0.3 is 57.3 Å². The Labute approximate surface area is 369 Å². The highest BCUT2D eigenvalue weighted by atomic mass is 14.9. The van der Waals surface area contributed by atoms with Gasteiger partial charge in [0.1, 0.15) is 0 Å². The van der Waals surface area contributed by atoms with E-state index in [-0.39, 0.29) is 11.1 Å². The summed E-state index contributed by atoms with van der Waals surface area (Å²) in [5, 5.41) is 0. The normalized spacial score (nSPS) is 47.4. The van der Waals surface area contributed by atoms with E-state index in [1.807, 2.05) is 0 Å². The Morgan fingerprint density at radius 1 is 0.333 bits per heavy atom. The first kappa shape index (κ1) is 50.6. The van der Waals surface area contributed by atoms with Crippen molar-refractivity contribution in [3.8, 4) is 0 Å². The Bertz CT molecular complexity index is 1050. The van der Waals surface area contributed by atoms with Gasteiger partial charge in [0.25, 0.3) is 0 Å². The van der Waals surface area contributed by atoms with Crippen molar-refractivity contribution in [1.29, 1.82) is 0 Å². The summed E-state index contributed by atoms with van der Waals surface area (Å²) in [5.41, 5.74) is 59.6. The predicted molar refractivity (Wildman–Crippen MR) is 255 cm³/mol. The summed E-state index contributed by atoms with van der Waals surface area (Å²) in [4.78, 5) is 0. The van der Waals surface area contributed by atoms with Crippen molar-refractivity contribution in [3.63, 3.8) is 0 Å². The molecule has 10 aliphatic carbocycles. The molecule has 0 heterocycles. The van der Waals surface area contributed by atoms with Crippen LogP contribution in [0.1, 0.15) is 206 Å². The molecular weight excluding hydrogens is 741 g/mol. The monoisotopic (exact) mass is 843 g/mol. The van der Waals surface area contributed by atoms with Gasteiger partial charge in [-0.25, -0.2) is 0 Å². The summed E-state index contributed by atoms with van der Waals surface area (Å²) in [6.07, 6.45) is 37.9. The van der Waals surface area contributed by atoms with Crippen LogP contribution in [-0.2, 0) is 0 Å². The zero-order valence-electron chi connectivity index (χ0n) is 39.2. The first-order valence-corrected chi connectivity index (χ1v) is 26.1. The van der Waals surface area contributed by atoms with E-state index in [1.165, 1.54) is 135 Å². The van der Waals surface area contributed by atoms with E-state index in [4.69, 9.17) is 57.3 Å². The van der Waals surface area contributed by atoms with Crippen LogP contribution in [0.4, 0.5) is 0 Å². The molecule has 6 unspecified atom stereocenters. The lowest BCUT2D eigenvalue weighted by Crippen LogP contribution is -2.66. The highest BCUT2D eigenvalue weighted by Gasteiger charge is 2.54. The molecule has 0 amide bonds. The Morgan fingerprint density at radius 2 is 0.583 bits per heavy atom. The number of hydrogen-bond donors (Lipinski definition) is 10. The lowest BCUT2D eigenvalue weighted by Gasteiger charge is -2.59. The second-order valence-electron chi connectivity index (χ2n) is 23.7. The summed E-state index contributed by atoms with van der Waals surface area (Å²) >= 11 is 0. The molecule has 10 saturated carbocycles. The van der Waals surface area contributed by atoms with Crippen LogP contribution in [0.15, 0.2) is 0 Å². The molecule has 10 rings (SSSR count). The van der Waals surface area contributed by atoms with Gasteiger partial charge in [0, 0.05) is 59.4 Å². The van der Waals surface area contributed by atoms with Gasteiger partial charge in [-0.15, -0.1) is 0 Å². The third-order valence-electron chi connectivity index (χ3n) is 17.6. The lowest BCUT2D eigenvalue weighted by molar-refractivity contribution is -0.0173. The lowest BCUT2D eigenvalue weighted by atomic mass is 9.50. The van der Waals surface area contributed by atoms with Gasteiger partial charge in [-0.1, -0.05) is 13.8 Å². The number of hydrogen-bond acceptors (Lipinski definition) is 10. The van der Waals surface area contributed by atoms with Crippen molar-refractivity contribution in [2.24, 2.45) is 105 Å². The molecule has 10 nitrogen and oxygen atoms in total. The fraction of sp³-hybridized carbons (Fsp3) is 1.00. The minimum Gasteiger partial charge on any atom is -0.328 e. The minimum atomic E-state index is 0.138. The number of nitrogens with two attached hydrogens (primary N) is 10. The van der Waals surface area contributed by atoms with Crippen molar-refractivity contribution in [2.45, 2.75) is 266 Å². The predicted octanol–water partition coefficient (Wildman–Crippen LogP) is 6.74. The maximum absolute atomic E-state index is 6.33. The molecule has 0 aliphatic heterocycles. The zero-order valence-corrected chi connectivity index (χ0v) is 39.2. The molecule has 10 fully saturated rings. The van der Waals surface area contributed by atoms with E-state index in [1.54, 1.807) is 0 Å². The van der Waals surface area contributed by atoms with Crippen LogP contribution in [0.5, 0.6) is 0 Å². The van der Waals surface area contributed by atoms with Crippen molar-refractivity contribution in [1.82, 2.24) is 0 Å². The topological polar surface area (TPSA) is 260 Å². The average Bonchev–Trinajstić information content (AvgIpc) is 3.18. The van der Waals surface area contributed by atoms with Crippen molar-refractivity contribution >= 4 is 0 Å². The van der Waals surface area contributed by atoms with Crippen LogP contribution >= 0.6 is 0 Å². The van der Waals surface area contributed by atoms with Crippen LogP contribution in [0, 0.1) is 47.3 Å². The summed E-state index contributed by atoms with van der Waals surface area (Å²) in [6, 6.07) is 3.69. The van der Waals surface area contributed by atoms with Crippen LogP contribution in [0.25, 0.3) is 0 Å². The average molecular weight is 843 g/mol. The molecule has 0 aromatic carbocycles. The van der Waals surface area contributed by atoms with E-state index < -0.39 is 0 Å². The molecular formula is C50H102N10. The second kappa shape index (κ2) is 24.2. The van der Waals surface area contributed by atoms with Gasteiger partial charge in [0.2, 0.25) is 0 Å². The van der Waals surface area contributed by atoms with E-state index in [0.29, 0.717) is 48.3 Å². The van der Waals surface area contributed by atoms with Gasteiger partial charge in [-0.2, -0.15) is 0 Å². The van der Waals surface area contributed by atoms with Crippen LogP contribution in [-0.4, -0.2) is 59.4 Å². The van der Waals surface area contributed by atoms with E-state index in [9.17, 15) is 0 Å². The van der Waals surface area contributed by atoms with Crippen molar-refractivity contribution < 1.29 is 0 Å². The van der Waals surface area contributed by atoms with Crippen LogP contribution in [0.3, 0.4) is 0 Å². The molecule has 0 aromatic rings. The van der Waals surface area contributed by atoms with Gasteiger partial charge in [0.15, 0.2) is 0 Å². The molecule has 352 valence electrons. The molecule has 0 spiro atoms. The van der Waals surface area contributed by atoms with Crippen molar-refractivity contribution in [2.75, 3.05) is 0 Å². The highest BCUT2D eigenvalue weighted by Crippen LogP contribution is 2.55. The third-order valence-corrected chi connectivity index (χ3v) is 17.6. The van der Waals surface area contributed by atoms with E-state index in [2.05, 4.69) is 13.8 Å². The molecule has 60 heavy (non-hydrogen) atoms. The van der Waals surface area contributed by atoms with Gasteiger partial charge >= 0.3 is 0 Å². The first-order chi connectivity index (χ1) is 28.4. The summed E-state index contributed by atoms with van der Waals surface area (Å²) in [6.45, 7) is 4.66. The fourth-order valence-electron chi connectivity index (χ4n) is 14.0. The molecule has 10 aliphatic rings. The van der Waals surface area contributed by atoms with E-state index >= 15 is 0 Å². The Morgan fingerprint density at radius 3 is 0.850 bits per heavy atom. The van der Waals surface area contributed by atoms with E-state index in [0.717, 1.165) is 105 Å². The summed E-state index contributed by atoms with van der Waals surface area (Å²) in [7, 11) is 0. The molecule has 6 atom stereocenters. The van der Waals surface area contributed by atoms with Crippen LogP contribution < -0.4 is 57.3 Å². The largest absolute Gasteiger partial charge is 0.328 e. The molecule has 20 N–H and O–H groups in total. The molecule has 4 bridgehead atoms. The summed E-state index contributed by atoms with van der Waals surface area (Å²) in [5.74, 6) is 7.03. The van der Waals surface area contributed by atoms with Crippen LogP contribution in [0.2, 0.25) is 0 Å². The zero-order chi connectivity index (χ0) is 43.5. The van der Waals surface area contributed by atoms with Gasteiger partial charge in [0.05, 0.1) is 0 Å². The third kappa shape index (κ3) is 17.2. The molecule has 10 heteroatoms. The maximum Gasteiger partial charge on any atom is 0.0177 e. The minimum absolute atomic E-state index is 0.138. The Kier molecular flexibility index (Phi) is 20.4. The first-order valence-electron chi connectivity index (χ1n) is 26.1.